The first-order valence-corrected chi connectivity index (χ1v) is 7.70. The number of hydrogen-bond donors (Lipinski definition) is 2. The number of para-hydroxylation sites is 1. The molecular weight excluding hydrogens is 293 g/mol. The molecule has 0 fully saturated rings. The Morgan fingerprint density at radius 1 is 1.04 bits per heavy atom. The molecule has 0 aliphatic rings. The van der Waals surface area contributed by atoms with Crippen LogP contribution in [0.4, 0.5) is 10.1 Å². The van der Waals surface area contributed by atoms with Gasteiger partial charge in [-0.2, -0.15) is 0 Å². The lowest BCUT2D eigenvalue weighted by Crippen LogP contribution is -2.32. The number of anilines is 1. The average molecular weight is 315 g/mol. The van der Waals surface area contributed by atoms with Crippen LogP contribution in [0, 0.1) is 5.82 Å². The molecule has 0 unspecified atom stereocenters. The number of rotatable bonds is 8. The minimum atomic E-state index is -0.427. The topological polar surface area (TPSA) is 58.4 Å². The molecule has 0 aliphatic heterocycles. The van der Waals surface area contributed by atoms with Crippen LogP contribution in [-0.4, -0.2) is 30.4 Å². The normalized spacial score (nSPS) is 10.7. The van der Waals surface area contributed by atoms with Crippen LogP contribution in [0.2, 0.25) is 0 Å². The van der Waals surface area contributed by atoms with Gasteiger partial charge in [0.15, 0.2) is 0 Å². The summed E-state index contributed by atoms with van der Waals surface area (Å²) in [7, 11) is 0. The van der Waals surface area contributed by atoms with Crippen LogP contribution in [0.25, 0.3) is 0 Å². The van der Waals surface area contributed by atoms with Crippen LogP contribution in [0.15, 0.2) is 54.6 Å². The van der Waals surface area contributed by atoms with Crippen LogP contribution < -0.4 is 11.1 Å². The molecule has 1 amide bonds. The highest BCUT2D eigenvalue weighted by atomic mass is 19.1. The van der Waals surface area contributed by atoms with Crippen molar-refractivity contribution in [2.45, 2.75) is 13.0 Å². The smallest absolute Gasteiger partial charge is 0.225 e. The molecule has 122 valence electrons. The van der Waals surface area contributed by atoms with E-state index in [1.807, 2.05) is 30.3 Å². The first-order chi connectivity index (χ1) is 11.2. The third kappa shape index (κ3) is 5.81. The van der Waals surface area contributed by atoms with Crippen molar-refractivity contribution in [1.29, 1.82) is 0 Å². The fraction of sp³-hybridized carbons (Fsp3) is 0.278. The highest BCUT2D eigenvalue weighted by Gasteiger charge is 2.10. The fourth-order valence-corrected chi connectivity index (χ4v) is 2.33. The van der Waals surface area contributed by atoms with E-state index in [1.54, 1.807) is 18.2 Å². The second-order valence-corrected chi connectivity index (χ2v) is 5.33. The zero-order chi connectivity index (χ0) is 16.5. The maximum atomic E-state index is 13.5. The van der Waals surface area contributed by atoms with E-state index >= 15 is 0 Å². The van der Waals surface area contributed by atoms with Gasteiger partial charge >= 0.3 is 0 Å². The van der Waals surface area contributed by atoms with Crippen LogP contribution in [0.1, 0.15) is 12.0 Å². The lowest BCUT2D eigenvalue weighted by molar-refractivity contribution is -0.116. The summed E-state index contributed by atoms with van der Waals surface area (Å²) in [5.41, 5.74) is 7.03. The van der Waals surface area contributed by atoms with Crippen molar-refractivity contribution in [1.82, 2.24) is 4.90 Å². The maximum absolute atomic E-state index is 13.5. The van der Waals surface area contributed by atoms with Gasteiger partial charge in [-0.05, 0) is 17.7 Å². The van der Waals surface area contributed by atoms with Crippen molar-refractivity contribution in [2.75, 3.05) is 25.0 Å². The summed E-state index contributed by atoms with van der Waals surface area (Å²) >= 11 is 0. The van der Waals surface area contributed by atoms with Crippen LogP contribution in [0.3, 0.4) is 0 Å². The summed E-state index contributed by atoms with van der Waals surface area (Å²) in [6.45, 7) is 2.56. The van der Waals surface area contributed by atoms with Gasteiger partial charge in [-0.3, -0.25) is 9.69 Å². The van der Waals surface area contributed by atoms with Crippen molar-refractivity contribution in [2.24, 2.45) is 5.73 Å². The molecule has 0 aromatic heterocycles. The van der Waals surface area contributed by atoms with E-state index in [9.17, 15) is 9.18 Å². The van der Waals surface area contributed by atoms with Gasteiger partial charge in [0, 0.05) is 32.6 Å². The van der Waals surface area contributed by atoms with Gasteiger partial charge in [0.25, 0.3) is 0 Å². The molecule has 2 aromatic rings. The molecule has 5 heteroatoms. The van der Waals surface area contributed by atoms with Gasteiger partial charge in [0.05, 0.1) is 5.69 Å². The van der Waals surface area contributed by atoms with Crippen molar-refractivity contribution < 1.29 is 9.18 Å². The number of carbonyl (C=O) groups excluding carboxylic acids is 1. The van der Waals surface area contributed by atoms with Gasteiger partial charge in [-0.15, -0.1) is 0 Å². The summed E-state index contributed by atoms with van der Waals surface area (Å²) < 4.78 is 13.5. The van der Waals surface area contributed by atoms with E-state index in [4.69, 9.17) is 5.73 Å². The van der Waals surface area contributed by atoms with E-state index in [0.717, 1.165) is 6.54 Å². The van der Waals surface area contributed by atoms with Crippen molar-refractivity contribution in [3.63, 3.8) is 0 Å². The zero-order valence-corrected chi connectivity index (χ0v) is 13.0. The zero-order valence-electron chi connectivity index (χ0n) is 13.0. The molecule has 0 aliphatic carbocycles. The number of carbonyl (C=O) groups is 1. The van der Waals surface area contributed by atoms with E-state index in [1.165, 1.54) is 11.6 Å². The molecule has 0 atom stereocenters. The number of nitrogens with two attached hydrogens (primary N) is 1. The number of nitrogens with zero attached hydrogens (tertiary/aromatic N) is 1. The Hall–Kier alpha value is -2.24. The van der Waals surface area contributed by atoms with E-state index < -0.39 is 5.82 Å². The van der Waals surface area contributed by atoms with E-state index in [0.29, 0.717) is 26.1 Å². The Bertz CT molecular complexity index is 619. The van der Waals surface area contributed by atoms with Crippen molar-refractivity contribution in [3.05, 3.63) is 66.0 Å². The minimum absolute atomic E-state index is 0.204. The number of nitrogens with one attached hydrogen (secondary N) is 1. The van der Waals surface area contributed by atoms with Gasteiger partial charge in [-0.1, -0.05) is 42.5 Å². The SMILES string of the molecule is NCCN(CCC(=O)Nc1ccccc1F)Cc1ccccc1. The van der Waals surface area contributed by atoms with Gasteiger partial charge in [0.1, 0.15) is 5.82 Å². The summed E-state index contributed by atoms with van der Waals surface area (Å²) in [4.78, 5) is 14.1. The summed E-state index contributed by atoms with van der Waals surface area (Å²) in [6, 6.07) is 16.2. The molecule has 0 spiro atoms. The third-order valence-electron chi connectivity index (χ3n) is 3.50. The Balaban J connectivity index is 1.85. The van der Waals surface area contributed by atoms with Gasteiger partial charge in [0.2, 0.25) is 5.91 Å². The quantitative estimate of drug-likeness (QED) is 0.787. The van der Waals surface area contributed by atoms with Gasteiger partial charge < -0.3 is 11.1 Å². The number of benzene rings is 2. The molecule has 0 saturated carbocycles. The highest BCUT2D eigenvalue weighted by Crippen LogP contribution is 2.13. The second kappa shape index (κ2) is 9.02. The van der Waals surface area contributed by atoms with Crippen LogP contribution >= 0.6 is 0 Å². The first kappa shape index (κ1) is 17.1. The summed E-state index contributed by atoms with van der Waals surface area (Å²) in [6.07, 6.45) is 0.293. The molecule has 23 heavy (non-hydrogen) atoms. The Kier molecular flexibility index (Phi) is 6.72. The van der Waals surface area contributed by atoms with Crippen LogP contribution in [-0.2, 0) is 11.3 Å². The summed E-state index contributed by atoms with van der Waals surface area (Å²) in [5.74, 6) is -0.630. The second-order valence-electron chi connectivity index (χ2n) is 5.33. The third-order valence-corrected chi connectivity index (χ3v) is 3.50. The predicted molar refractivity (Wildman–Crippen MR) is 90.4 cm³/mol. The van der Waals surface area contributed by atoms with Crippen molar-refractivity contribution in [3.8, 4) is 0 Å². The monoisotopic (exact) mass is 315 g/mol. The lowest BCUT2D eigenvalue weighted by atomic mass is 10.2. The van der Waals surface area contributed by atoms with E-state index in [-0.39, 0.29) is 11.6 Å². The summed E-state index contributed by atoms with van der Waals surface area (Å²) in [5, 5.41) is 2.60. The lowest BCUT2D eigenvalue weighted by Gasteiger charge is -2.21. The predicted octanol–water partition coefficient (Wildman–Crippen LogP) is 2.62. The minimum Gasteiger partial charge on any atom is -0.329 e. The number of hydrogen-bond acceptors (Lipinski definition) is 3. The Labute approximate surface area is 136 Å². The number of halogens is 1. The average Bonchev–Trinajstić information content (AvgIpc) is 2.56. The molecular formula is C18H22FN3O. The standard InChI is InChI=1S/C18H22FN3O/c19-16-8-4-5-9-17(16)21-18(23)10-12-22(13-11-20)14-15-6-2-1-3-7-15/h1-9H,10-14,20H2,(H,21,23). The molecule has 4 nitrogen and oxygen atoms in total. The maximum Gasteiger partial charge on any atom is 0.225 e. The fourth-order valence-electron chi connectivity index (χ4n) is 2.33. The van der Waals surface area contributed by atoms with Crippen molar-refractivity contribution >= 4 is 11.6 Å². The molecule has 0 saturated heterocycles. The molecule has 2 aromatic carbocycles. The van der Waals surface area contributed by atoms with Gasteiger partial charge in [-0.25, -0.2) is 4.39 Å². The first-order valence-electron chi connectivity index (χ1n) is 7.70. The Morgan fingerprint density at radius 3 is 2.43 bits per heavy atom. The Morgan fingerprint density at radius 2 is 1.74 bits per heavy atom. The molecule has 3 N–H and O–H groups in total. The van der Waals surface area contributed by atoms with E-state index in [2.05, 4.69) is 10.2 Å². The van der Waals surface area contributed by atoms with Crippen LogP contribution in [0.5, 0.6) is 0 Å². The largest absolute Gasteiger partial charge is 0.329 e. The highest BCUT2D eigenvalue weighted by molar-refractivity contribution is 5.90. The molecule has 2 rings (SSSR count). The molecule has 0 bridgehead atoms. The number of amides is 1. The molecule has 0 radical (unpaired) electrons. The molecule has 0 heterocycles.